The number of ether oxygens (including phenoxy) is 1. The summed E-state index contributed by atoms with van der Waals surface area (Å²) in [5, 5.41) is 0. The molecule has 204 valence electrons. The predicted octanol–water partition coefficient (Wildman–Crippen LogP) is 8.46. The van der Waals surface area contributed by atoms with E-state index in [-0.39, 0.29) is 12.1 Å². The monoisotopic (exact) mass is 497 g/mol. The van der Waals surface area contributed by atoms with Crippen LogP contribution in [0.25, 0.3) is 0 Å². The van der Waals surface area contributed by atoms with Gasteiger partial charge in [0.15, 0.2) is 0 Å². The molecule has 0 aromatic rings. The fourth-order valence-corrected chi connectivity index (χ4v) is 9.36. The van der Waals surface area contributed by atoms with Gasteiger partial charge in [0.1, 0.15) is 6.10 Å². The van der Waals surface area contributed by atoms with Gasteiger partial charge in [-0.2, -0.15) is 0 Å². The third-order valence-electron chi connectivity index (χ3n) is 11.5. The third-order valence-corrected chi connectivity index (χ3v) is 11.5. The van der Waals surface area contributed by atoms with Crippen LogP contribution in [-0.4, -0.2) is 35.1 Å². The molecule has 5 fully saturated rings. The fraction of sp³-hybridized carbons (Fsp3) is 0.909. The minimum Gasteiger partial charge on any atom is -0.459 e. The minimum absolute atomic E-state index is 0.126. The largest absolute Gasteiger partial charge is 0.459 e. The van der Waals surface area contributed by atoms with E-state index in [4.69, 9.17) is 4.74 Å². The summed E-state index contributed by atoms with van der Waals surface area (Å²) in [4.78, 5) is 15.1. The molecule has 0 spiro atoms. The lowest BCUT2D eigenvalue weighted by Gasteiger charge is -2.52. The van der Waals surface area contributed by atoms with Crippen molar-refractivity contribution in [3.05, 3.63) is 12.2 Å². The number of hydrogen-bond donors (Lipinski definition) is 0. The predicted molar refractivity (Wildman–Crippen MR) is 149 cm³/mol. The Balaban J connectivity index is 1.16. The number of hydrogen-bond acceptors (Lipinski definition) is 3. The van der Waals surface area contributed by atoms with Gasteiger partial charge in [-0.1, -0.05) is 39.2 Å². The van der Waals surface area contributed by atoms with Gasteiger partial charge in [-0.15, -0.1) is 0 Å². The molecular formula is C33H55NO2. The van der Waals surface area contributed by atoms with Crippen molar-refractivity contribution in [2.24, 2.45) is 29.6 Å². The topological polar surface area (TPSA) is 29.5 Å². The Kier molecular flexibility index (Phi) is 9.18. The molecule has 0 aromatic heterocycles. The van der Waals surface area contributed by atoms with Gasteiger partial charge in [0, 0.05) is 23.7 Å². The Bertz CT molecular complexity index is 724. The number of rotatable bonds is 6. The maximum atomic E-state index is 11.9. The zero-order valence-corrected chi connectivity index (χ0v) is 23.6. The van der Waals surface area contributed by atoms with Crippen LogP contribution in [0.3, 0.4) is 0 Å². The smallest absolute Gasteiger partial charge is 0.333 e. The van der Waals surface area contributed by atoms with Crippen LogP contribution in [0.5, 0.6) is 0 Å². The van der Waals surface area contributed by atoms with Gasteiger partial charge in [-0.3, -0.25) is 4.90 Å². The average molecular weight is 498 g/mol. The molecule has 36 heavy (non-hydrogen) atoms. The summed E-state index contributed by atoms with van der Waals surface area (Å²) in [6, 6.07) is 2.59. The van der Waals surface area contributed by atoms with Gasteiger partial charge in [-0.25, -0.2) is 4.79 Å². The van der Waals surface area contributed by atoms with Gasteiger partial charge >= 0.3 is 5.97 Å². The average Bonchev–Trinajstić information content (AvgIpc) is 2.91. The lowest BCUT2D eigenvalue weighted by atomic mass is 9.67. The Labute approximate surface area is 222 Å². The highest BCUT2D eigenvalue weighted by molar-refractivity contribution is 5.87. The first kappa shape index (κ1) is 26.8. The first-order valence-electron chi connectivity index (χ1n) is 16.1. The summed E-state index contributed by atoms with van der Waals surface area (Å²) in [6.07, 6.45) is 26.9. The molecule has 3 atom stereocenters. The second-order valence-corrected chi connectivity index (χ2v) is 13.9. The molecule has 5 aliphatic carbocycles. The fourth-order valence-electron chi connectivity index (χ4n) is 9.36. The molecule has 5 saturated carbocycles. The molecule has 3 nitrogen and oxygen atoms in total. The molecule has 0 N–H and O–H groups in total. The van der Waals surface area contributed by atoms with Crippen molar-refractivity contribution in [2.45, 2.75) is 160 Å². The molecule has 0 heterocycles. The van der Waals surface area contributed by atoms with Gasteiger partial charge < -0.3 is 4.74 Å². The van der Waals surface area contributed by atoms with Crippen LogP contribution >= 0.6 is 0 Å². The highest BCUT2D eigenvalue weighted by atomic mass is 16.5. The van der Waals surface area contributed by atoms with Crippen molar-refractivity contribution < 1.29 is 9.53 Å². The number of nitrogens with zero attached hydrogens (tertiary/aromatic N) is 1. The van der Waals surface area contributed by atoms with Gasteiger partial charge in [0.2, 0.25) is 0 Å². The zero-order valence-electron chi connectivity index (χ0n) is 23.6. The summed E-state index contributed by atoms with van der Waals surface area (Å²) in [6.45, 7) is 7.98. The highest BCUT2D eigenvalue weighted by Crippen LogP contribution is 2.46. The molecule has 0 amide bonds. The van der Waals surface area contributed by atoms with Crippen LogP contribution in [0.2, 0.25) is 0 Å². The van der Waals surface area contributed by atoms with E-state index in [1.807, 2.05) is 0 Å². The Hall–Kier alpha value is -0.830. The summed E-state index contributed by atoms with van der Waals surface area (Å²) < 4.78 is 5.67. The standard InChI is InChI=1S/C33H55NO2/c1-23(2)33(35)36-32-20-13-27(14-21-32)26-10-17-30(18-11-26)34(29-15-8-24(3)9-16-29)31-19-12-25-6-4-5-7-28(25)22-31/h24-32H,1,4-22H2,2-3H3. The highest BCUT2D eigenvalue weighted by Gasteiger charge is 2.42. The molecule has 5 rings (SSSR count). The second-order valence-electron chi connectivity index (χ2n) is 13.9. The molecule has 0 aromatic carbocycles. The van der Waals surface area contributed by atoms with E-state index >= 15 is 0 Å². The first-order chi connectivity index (χ1) is 17.5. The van der Waals surface area contributed by atoms with E-state index in [1.54, 1.807) is 6.92 Å². The number of esters is 1. The van der Waals surface area contributed by atoms with Gasteiger partial charge in [0.05, 0.1) is 0 Å². The third kappa shape index (κ3) is 6.41. The van der Waals surface area contributed by atoms with Crippen LogP contribution in [0.15, 0.2) is 12.2 Å². The van der Waals surface area contributed by atoms with E-state index in [1.165, 1.54) is 109 Å². The molecular weight excluding hydrogens is 442 g/mol. The van der Waals surface area contributed by atoms with E-state index in [2.05, 4.69) is 18.4 Å². The minimum atomic E-state index is -0.196. The van der Waals surface area contributed by atoms with E-state index in [0.29, 0.717) is 5.57 Å². The molecule has 0 bridgehead atoms. The summed E-state index contributed by atoms with van der Waals surface area (Å²) in [7, 11) is 0. The van der Waals surface area contributed by atoms with Crippen LogP contribution in [0.1, 0.15) is 136 Å². The van der Waals surface area contributed by atoms with Crippen molar-refractivity contribution >= 4 is 5.97 Å². The van der Waals surface area contributed by atoms with Crippen molar-refractivity contribution in [2.75, 3.05) is 0 Å². The Morgan fingerprint density at radius 2 is 1.11 bits per heavy atom. The van der Waals surface area contributed by atoms with Crippen LogP contribution < -0.4 is 0 Å². The SMILES string of the molecule is C=C(C)C(=O)OC1CCC(C2CCC(N(C3CCC(C)CC3)C3CCC4CCCCC4C3)CC2)CC1. The maximum absolute atomic E-state index is 11.9. The number of carbonyl (C=O) groups excluding carboxylic acids is 1. The van der Waals surface area contributed by atoms with Crippen molar-refractivity contribution in [1.29, 1.82) is 0 Å². The molecule has 0 aliphatic heterocycles. The molecule has 5 aliphatic rings. The normalized spacial score (nSPS) is 41.9. The van der Waals surface area contributed by atoms with Crippen molar-refractivity contribution in [3.8, 4) is 0 Å². The van der Waals surface area contributed by atoms with Crippen molar-refractivity contribution in [1.82, 2.24) is 4.90 Å². The van der Waals surface area contributed by atoms with Crippen LogP contribution in [0.4, 0.5) is 0 Å². The quantitative estimate of drug-likeness (QED) is 0.272. The van der Waals surface area contributed by atoms with Gasteiger partial charge in [0.25, 0.3) is 0 Å². The molecule has 0 saturated heterocycles. The van der Waals surface area contributed by atoms with E-state index in [9.17, 15) is 4.79 Å². The number of carbonyl (C=O) groups is 1. The maximum Gasteiger partial charge on any atom is 0.333 e. The molecule has 3 heteroatoms. The summed E-state index contributed by atoms with van der Waals surface area (Å²) in [5.74, 6) is 4.60. The molecule has 0 radical (unpaired) electrons. The summed E-state index contributed by atoms with van der Waals surface area (Å²) >= 11 is 0. The first-order valence-corrected chi connectivity index (χ1v) is 16.1. The van der Waals surface area contributed by atoms with Crippen LogP contribution in [0, 0.1) is 29.6 Å². The van der Waals surface area contributed by atoms with E-state index < -0.39 is 0 Å². The molecule has 3 unspecified atom stereocenters. The number of fused-ring (bicyclic) bond motifs is 1. The van der Waals surface area contributed by atoms with Gasteiger partial charge in [-0.05, 0) is 133 Å². The second kappa shape index (κ2) is 12.4. The van der Waals surface area contributed by atoms with Crippen molar-refractivity contribution in [3.63, 3.8) is 0 Å². The lowest BCUT2D eigenvalue weighted by Crippen LogP contribution is -2.54. The van der Waals surface area contributed by atoms with E-state index in [0.717, 1.165) is 60.6 Å². The Morgan fingerprint density at radius 1 is 0.639 bits per heavy atom. The summed E-state index contributed by atoms with van der Waals surface area (Å²) in [5.41, 5.74) is 0.532. The zero-order chi connectivity index (χ0) is 25.1. The van der Waals surface area contributed by atoms with Crippen LogP contribution in [-0.2, 0) is 9.53 Å². The Morgan fingerprint density at radius 3 is 1.69 bits per heavy atom. The lowest BCUT2D eigenvalue weighted by molar-refractivity contribution is -0.146.